The molecular weight excluding hydrogens is 302 g/mol. The van der Waals surface area contributed by atoms with Gasteiger partial charge < -0.3 is 15.2 Å². The Kier molecular flexibility index (Phi) is 5.01. The normalized spacial score (nSPS) is 34.9. The molecule has 5 heteroatoms. The molecule has 0 unspecified atom stereocenters. The first-order valence-corrected chi connectivity index (χ1v) is 9.50. The van der Waals surface area contributed by atoms with Gasteiger partial charge in [0.25, 0.3) is 0 Å². The Bertz CT molecular complexity index is 545. The fraction of sp³-hybridized carbons (Fsp3) is 0.737. The second kappa shape index (κ2) is 7.38. The van der Waals surface area contributed by atoms with Gasteiger partial charge in [0.1, 0.15) is 6.61 Å². The largest absolute Gasteiger partial charge is 0.476 e. The number of hydrogen-bond donors (Lipinski definition) is 1. The summed E-state index contributed by atoms with van der Waals surface area (Å²) in [5.41, 5.74) is 7.68. The van der Waals surface area contributed by atoms with Crippen LogP contribution in [0.5, 0.6) is 5.88 Å². The lowest BCUT2D eigenvalue weighted by molar-refractivity contribution is -0.0267. The maximum absolute atomic E-state index is 6.40. The minimum absolute atomic E-state index is 0.214. The Morgan fingerprint density at radius 3 is 2.88 bits per heavy atom. The zero-order valence-electron chi connectivity index (χ0n) is 14.4. The Balaban J connectivity index is 1.56. The van der Waals surface area contributed by atoms with Gasteiger partial charge in [0, 0.05) is 30.4 Å². The van der Waals surface area contributed by atoms with Crippen molar-refractivity contribution < 1.29 is 9.47 Å². The number of pyridine rings is 1. The maximum atomic E-state index is 6.40. The van der Waals surface area contributed by atoms with Crippen LogP contribution in [0, 0.1) is 0 Å². The number of hydrogen-bond acceptors (Lipinski definition) is 5. The number of piperidine rings is 1. The van der Waals surface area contributed by atoms with Crippen molar-refractivity contribution in [3.8, 4) is 5.88 Å². The molecule has 2 fully saturated rings. The van der Waals surface area contributed by atoms with Crippen LogP contribution in [-0.2, 0) is 4.74 Å². The third-order valence-electron chi connectivity index (χ3n) is 5.98. The summed E-state index contributed by atoms with van der Waals surface area (Å²) in [6, 6.07) is 4.75. The minimum Gasteiger partial charge on any atom is -0.476 e. The van der Waals surface area contributed by atoms with Crippen LogP contribution >= 0.6 is 0 Å². The summed E-state index contributed by atoms with van der Waals surface area (Å²) in [7, 11) is 0. The highest BCUT2D eigenvalue weighted by Gasteiger charge is 2.32. The van der Waals surface area contributed by atoms with Crippen molar-refractivity contribution in [3.05, 3.63) is 23.9 Å². The van der Waals surface area contributed by atoms with Gasteiger partial charge in [-0.25, -0.2) is 4.98 Å². The predicted octanol–water partition coefficient (Wildman–Crippen LogP) is 2.31. The highest BCUT2D eigenvalue weighted by Crippen LogP contribution is 2.37. The molecule has 132 valence electrons. The molecule has 0 amide bonds. The standard InChI is InChI=1S/C19H29N3O2/c20-17-4-2-10-22-11-12-23-19-16(3-1-9-21-19)14-5-7-15(8-6-14)24-13-18(17)22/h1,3,9,14-15,17-18H,2,4-8,10-13,20H2/t14?,15?,17-,18-/m0/s1. The Hall–Kier alpha value is -1.17. The lowest BCUT2D eigenvalue weighted by atomic mass is 9.83. The summed E-state index contributed by atoms with van der Waals surface area (Å²) >= 11 is 0. The van der Waals surface area contributed by atoms with E-state index >= 15 is 0 Å². The molecule has 1 aromatic rings. The van der Waals surface area contributed by atoms with E-state index in [1.54, 1.807) is 0 Å². The van der Waals surface area contributed by atoms with Gasteiger partial charge in [-0.2, -0.15) is 0 Å². The topological polar surface area (TPSA) is 60.6 Å². The number of fused-ring (bicyclic) bond motifs is 5. The summed E-state index contributed by atoms with van der Waals surface area (Å²) in [6.07, 6.45) is 9.06. The molecule has 1 saturated carbocycles. The number of ether oxygens (including phenoxy) is 2. The molecule has 5 nitrogen and oxygen atoms in total. The van der Waals surface area contributed by atoms with Gasteiger partial charge in [-0.3, -0.25) is 4.90 Å². The zero-order chi connectivity index (χ0) is 16.4. The Labute approximate surface area is 144 Å². The molecule has 0 radical (unpaired) electrons. The van der Waals surface area contributed by atoms with E-state index < -0.39 is 0 Å². The van der Waals surface area contributed by atoms with Crippen LogP contribution in [0.2, 0.25) is 0 Å². The van der Waals surface area contributed by atoms with E-state index in [0.717, 1.165) is 64.1 Å². The van der Waals surface area contributed by atoms with Crippen LogP contribution < -0.4 is 10.5 Å². The number of nitrogens with zero attached hydrogens (tertiary/aromatic N) is 2. The van der Waals surface area contributed by atoms with Crippen molar-refractivity contribution in [3.63, 3.8) is 0 Å². The molecule has 0 aromatic carbocycles. The SMILES string of the molecule is N[C@H]1CCCN2CCOc3ncccc3C3CCC(CC3)OC[C@@H]12. The lowest BCUT2D eigenvalue weighted by Crippen LogP contribution is -2.55. The first kappa shape index (κ1) is 16.3. The quantitative estimate of drug-likeness (QED) is 0.790. The van der Waals surface area contributed by atoms with Crippen molar-refractivity contribution in [2.24, 2.45) is 5.73 Å². The maximum Gasteiger partial charge on any atom is 0.216 e. The average molecular weight is 331 g/mol. The average Bonchev–Trinajstić information content (AvgIpc) is 2.64. The highest BCUT2D eigenvalue weighted by atomic mass is 16.5. The van der Waals surface area contributed by atoms with Crippen molar-refractivity contribution in [1.29, 1.82) is 0 Å². The van der Waals surface area contributed by atoms with E-state index in [4.69, 9.17) is 15.2 Å². The number of aromatic nitrogens is 1. The predicted molar refractivity (Wildman–Crippen MR) is 93.3 cm³/mol. The van der Waals surface area contributed by atoms with Crippen molar-refractivity contribution in [2.75, 3.05) is 26.3 Å². The van der Waals surface area contributed by atoms with Crippen molar-refractivity contribution in [1.82, 2.24) is 9.88 Å². The van der Waals surface area contributed by atoms with Gasteiger partial charge in [-0.15, -0.1) is 0 Å². The van der Waals surface area contributed by atoms with E-state index in [9.17, 15) is 0 Å². The molecule has 5 rings (SSSR count). The second-order valence-corrected chi connectivity index (χ2v) is 7.46. The summed E-state index contributed by atoms with van der Waals surface area (Å²) < 4.78 is 12.4. The van der Waals surface area contributed by atoms with Crippen LogP contribution in [0.3, 0.4) is 0 Å². The first-order chi connectivity index (χ1) is 11.8. The van der Waals surface area contributed by atoms with E-state index in [2.05, 4.69) is 16.0 Å². The summed E-state index contributed by atoms with van der Waals surface area (Å²) in [5.74, 6) is 1.39. The molecule has 24 heavy (non-hydrogen) atoms. The van der Waals surface area contributed by atoms with Gasteiger partial charge in [0.05, 0.1) is 12.7 Å². The zero-order valence-corrected chi connectivity index (χ0v) is 14.4. The fourth-order valence-corrected chi connectivity index (χ4v) is 4.54. The van der Waals surface area contributed by atoms with Crippen molar-refractivity contribution in [2.45, 2.75) is 62.6 Å². The third-order valence-corrected chi connectivity index (χ3v) is 5.98. The number of nitrogens with two attached hydrogens (primary N) is 1. The molecule has 4 heterocycles. The third kappa shape index (κ3) is 3.44. The molecular formula is C19H29N3O2. The highest BCUT2D eigenvalue weighted by molar-refractivity contribution is 5.30. The van der Waals surface area contributed by atoms with Gasteiger partial charge in [-0.1, -0.05) is 6.07 Å². The van der Waals surface area contributed by atoms with Crippen LogP contribution in [0.4, 0.5) is 0 Å². The molecule has 2 bridgehead atoms. The minimum atomic E-state index is 0.214. The summed E-state index contributed by atoms with van der Waals surface area (Å²) in [5, 5.41) is 0. The van der Waals surface area contributed by atoms with Gasteiger partial charge in [-0.05, 0) is 57.1 Å². The molecule has 3 aliphatic heterocycles. The van der Waals surface area contributed by atoms with Gasteiger partial charge in [0.2, 0.25) is 5.88 Å². The van der Waals surface area contributed by atoms with Crippen LogP contribution in [0.25, 0.3) is 0 Å². The molecule has 2 N–H and O–H groups in total. The van der Waals surface area contributed by atoms with Gasteiger partial charge in [0.15, 0.2) is 0 Å². The van der Waals surface area contributed by atoms with Crippen LogP contribution in [-0.4, -0.2) is 54.4 Å². The van der Waals surface area contributed by atoms with E-state index in [-0.39, 0.29) is 6.04 Å². The Morgan fingerprint density at radius 2 is 2.00 bits per heavy atom. The van der Waals surface area contributed by atoms with E-state index in [1.165, 1.54) is 5.56 Å². The smallest absolute Gasteiger partial charge is 0.216 e. The molecule has 2 atom stereocenters. The van der Waals surface area contributed by atoms with Crippen LogP contribution in [0.15, 0.2) is 18.3 Å². The van der Waals surface area contributed by atoms with Gasteiger partial charge >= 0.3 is 0 Å². The molecule has 1 saturated heterocycles. The molecule has 1 aromatic heterocycles. The molecule has 4 aliphatic rings. The van der Waals surface area contributed by atoms with E-state index in [0.29, 0.717) is 24.7 Å². The second-order valence-electron chi connectivity index (χ2n) is 7.46. The Morgan fingerprint density at radius 1 is 1.12 bits per heavy atom. The fourth-order valence-electron chi connectivity index (χ4n) is 4.54. The monoisotopic (exact) mass is 331 g/mol. The van der Waals surface area contributed by atoms with Crippen molar-refractivity contribution >= 4 is 0 Å². The molecule has 0 spiro atoms. The molecule has 1 aliphatic carbocycles. The first-order valence-electron chi connectivity index (χ1n) is 9.50. The summed E-state index contributed by atoms with van der Waals surface area (Å²) in [6.45, 7) is 3.42. The van der Waals surface area contributed by atoms with E-state index in [1.807, 2.05) is 12.3 Å². The van der Waals surface area contributed by atoms with Crippen LogP contribution in [0.1, 0.15) is 50.0 Å². The lowest BCUT2D eigenvalue weighted by Gasteiger charge is -2.40. The summed E-state index contributed by atoms with van der Waals surface area (Å²) in [4.78, 5) is 6.97. The number of rotatable bonds is 0.